The summed E-state index contributed by atoms with van der Waals surface area (Å²) in [7, 11) is 1.65. The Labute approximate surface area is 148 Å². The molecule has 0 radical (unpaired) electrons. The third kappa shape index (κ3) is 4.86. The molecule has 1 aromatic heterocycles. The van der Waals surface area contributed by atoms with Gasteiger partial charge in [0.1, 0.15) is 5.01 Å². The Kier molecular flexibility index (Phi) is 8.39. The number of hydrogen-bond donors (Lipinski definition) is 2. The van der Waals surface area contributed by atoms with E-state index in [4.69, 9.17) is 4.74 Å². The van der Waals surface area contributed by atoms with Crippen molar-refractivity contribution in [3.05, 3.63) is 5.01 Å². The average molecular weight is 363 g/mol. The van der Waals surface area contributed by atoms with Crippen molar-refractivity contribution in [2.45, 2.75) is 45.4 Å². The standard InChI is InChI=1S/C15H26N4O2S.ClH/c1-4-11(5-2)12-18-19-14(22-12)17-13(20)15(10-21-3)6-8-16-9-7-15;/h11,16H,4-10H2,1-3H3,(H,17,19,20);1H. The molecule has 0 aliphatic carbocycles. The molecule has 1 aliphatic heterocycles. The number of ether oxygens (including phenoxy) is 1. The van der Waals surface area contributed by atoms with E-state index < -0.39 is 5.41 Å². The third-order valence-corrected chi connectivity index (χ3v) is 5.46. The molecule has 0 bridgehead atoms. The van der Waals surface area contributed by atoms with E-state index >= 15 is 0 Å². The van der Waals surface area contributed by atoms with Crippen LogP contribution in [0.2, 0.25) is 0 Å². The Bertz CT molecular complexity index is 482. The molecule has 23 heavy (non-hydrogen) atoms. The Hall–Kier alpha value is -0.760. The van der Waals surface area contributed by atoms with Crippen LogP contribution in [0.4, 0.5) is 5.13 Å². The lowest BCUT2D eigenvalue weighted by Crippen LogP contribution is -2.47. The lowest BCUT2D eigenvalue weighted by atomic mass is 9.79. The summed E-state index contributed by atoms with van der Waals surface area (Å²) in [6.07, 6.45) is 3.65. The van der Waals surface area contributed by atoms with Crippen LogP contribution in [-0.2, 0) is 9.53 Å². The number of rotatable bonds is 7. The number of methoxy groups -OCH3 is 1. The van der Waals surface area contributed by atoms with E-state index in [-0.39, 0.29) is 18.3 Å². The monoisotopic (exact) mass is 362 g/mol. The number of nitrogens with zero attached hydrogens (tertiary/aromatic N) is 2. The molecule has 1 amide bonds. The van der Waals surface area contributed by atoms with E-state index in [1.165, 1.54) is 11.3 Å². The van der Waals surface area contributed by atoms with Crippen LogP contribution in [-0.4, -0.2) is 42.9 Å². The largest absolute Gasteiger partial charge is 0.384 e. The lowest BCUT2D eigenvalue weighted by molar-refractivity contribution is -0.130. The summed E-state index contributed by atoms with van der Waals surface area (Å²) in [5.74, 6) is 0.429. The Morgan fingerprint density at radius 3 is 2.57 bits per heavy atom. The highest BCUT2D eigenvalue weighted by atomic mass is 35.5. The smallest absolute Gasteiger partial charge is 0.234 e. The minimum atomic E-state index is -0.458. The molecule has 132 valence electrons. The fraction of sp³-hybridized carbons (Fsp3) is 0.800. The van der Waals surface area contributed by atoms with Crippen LogP contribution in [0.1, 0.15) is 50.5 Å². The zero-order valence-electron chi connectivity index (χ0n) is 14.1. The van der Waals surface area contributed by atoms with E-state index in [0.29, 0.717) is 17.7 Å². The molecule has 0 aromatic carbocycles. The maximum absolute atomic E-state index is 12.7. The topological polar surface area (TPSA) is 76.1 Å². The molecule has 1 fully saturated rings. The van der Waals surface area contributed by atoms with Gasteiger partial charge in [0.2, 0.25) is 11.0 Å². The van der Waals surface area contributed by atoms with Crippen LogP contribution in [0.15, 0.2) is 0 Å². The Morgan fingerprint density at radius 1 is 1.35 bits per heavy atom. The van der Waals surface area contributed by atoms with Crippen LogP contribution < -0.4 is 10.6 Å². The SMILES string of the molecule is CCC(CC)c1nnc(NC(=O)C2(COC)CCNCC2)s1.Cl. The number of amides is 1. The summed E-state index contributed by atoms with van der Waals surface area (Å²) >= 11 is 1.49. The summed E-state index contributed by atoms with van der Waals surface area (Å²) in [4.78, 5) is 12.7. The normalized spacial score (nSPS) is 16.9. The average Bonchev–Trinajstić information content (AvgIpc) is 2.98. The van der Waals surface area contributed by atoms with Crippen molar-refractivity contribution in [1.82, 2.24) is 15.5 Å². The summed E-state index contributed by atoms with van der Waals surface area (Å²) in [5.41, 5.74) is -0.458. The van der Waals surface area contributed by atoms with Gasteiger partial charge in [-0.15, -0.1) is 22.6 Å². The van der Waals surface area contributed by atoms with Gasteiger partial charge in [-0.25, -0.2) is 0 Å². The number of carbonyl (C=O) groups is 1. The van der Waals surface area contributed by atoms with Gasteiger partial charge >= 0.3 is 0 Å². The molecule has 6 nitrogen and oxygen atoms in total. The predicted octanol–water partition coefficient (Wildman–Crippen LogP) is 2.82. The molecule has 1 aromatic rings. The molecule has 0 saturated carbocycles. The zero-order chi connectivity index (χ0) is 16.0. The van der Waals surface area contributed by atoms with Crippen molar-refractivity contribution in [2.75, 3.05) is 32.1 Å². The molecule has 0 unspecified atom stereocenters. The molecule has 8 heteroatoms. The first-order valence-electron chi connectivity index (χ1n) is 7.99. The maximum atomic E-state index is 12.7. The molecular weight excluding hydrogens is 336 g/mol. The highest BCUT2D eigenvalue weighted by Crippen LogP contribution is 2.33. The van der Waals surface area contributed by atoms with Crippen molar-refractivity contribution in [3.63, 3.8) is 0 Å². The molecule has 0 atom stereocenters. The first kappa shape index (κ1) is 20.3. The minimum absolute atomic E-state index is 0. The van der Waals surface area contributed by atoms with E-state index in [1.54, 1.807) is 7.11 Å². The van der Waals surface area contributed by atoms with Crippen LogP contribution in [0, 0.1) is 5.41 Å². The van der Waals surface area contributed by atoms with Gasteiger partial charge in [-0.1, -0.05) is 25.2 Å². The molecule has 1 aliphatic rings. The van der Waals surface area contributed by atoms with Crippen LogP contribution in [0.25, 0.3) is 0 Å². The minimum Gasteiger partial charge on any atom is -0.384 e. The van der Waals surface area contributed by atoms with Gasteiger partial charge in [-0.2, -0.15) is 0 Å². The van der Waals surface area contributed by atoms with Gasteiger partial charge in [0.05, 0.1) is 12.0 Å². The predicted molar refractivity (Wildman–Crippen MR) is 95.5 cm³/mol. The van der Waals surface area contributed by atoms with Gasteiger partial charge in [0, 0.05) is 13.0 Å². The second-order valence-electron chi connectivity index (χ2n) is 5.88. The molecule has 2 heterocycles. The third-order valence-electron chi connectivity index (χ3n) is 4.46. The second kappa shape index (κ2) is 9.52. The van der Waals surface area contributed by atoms with Gasteiger partial charge < -0.3 is 10.1 Å². The lowest BCUT2D eigenvalue weighted by Gasteiger charge is -2.35. The van der Waals surface area contributed by atoms with E-state index in [1.807, 2.05) is 0 Å². The summed E-state index contributed by atoms with van der Waals surface area (Å²) in [6.45, 7) is 6.42. The fourth-order valence-electron chi connectivity index (χ4n) is 2.94. The van der Waals surface area contributed by atoms with Crippen molar-refractivity contribution >= 4 is 34.8 Å². The summed E-state index contributed by atoms with van der Waals surface area (Å²) in [6, 6.07) is 0. The summed E-state index contributed by atoms with van der Waals surface area (Å²) < 4.78 is 5.30. The zero-order valence-corrected chi connectivity index (χ0v) is 15.7. The van der Waals surface area contributed by atoms with E-state index in [0.717, 1.165) is 43.8 Å². The number of hydrogen-bond acceptors (Lipinski definition) is 6. The second-order valence-corrected chi connectivity index (χ2v) is 6.89. The summed E-state index contributed by atoms with van der Waals surface area (Å²) in [5, 5.41) is 16.2. The van der Waals surface area contributed by atoms with Gasteiger partial charge in [-0.3, -0.25) is 10.1 Å². The van der Waals surface area contributed by atoms with Gasteiger partial charge in [0.15, 0.2) is 0 Å². The molecule has 0 spiro atoms. The highest BCUT2D eigenvalue weighted by molar-refractivity contribution is 7.15. The number of aromatic nitrogens is 2. The van der Waals surface area contributed by atoms with Gasteiger partial charge in [0.25, 0.3) is 0 Å². The highest BCUT2D eigenvalue weighted by Gasteiger charge is 2.40. The quantitative estimate of drug-likeness (QED) is 0.780. The van der Waals surface area contributed by atoms with Crippen LogP contribution in [0.3, 0.4) is 0 Å². The van der Waals surface area contributed by atoms with Crippen molar-refractivity contribution in [2.24, 2.45) is 5.41 Å². The number of halogens is 1. The molecule has 1 saturated heterocycles. The first-order chi connectivity index (χ1) is 10.6. The molecule has 2 N–H and O–H groups in total. The van der Waals surface area contributed by atoms with Crippen molar-refractivity contribution < 1.29 is 9.53 Å². The molecular formula is C15H27ClN4O2S. The fourth-order valence-corrected chi connectivity index (χ4v) is 3.94. The molecule has 2 rings (SSSR count). The Morgan fingerprint density at radius 2 is 2.00 bits per heavy atom. The van der Waals surface area contributed by atoms with Crippen LogP contribution in [0.5, 0.6) is 0 Å². The number of carbonyl (C=O) groups excluding carboxylic acids is 1. The number of anilines is 1. The van der Waals surface area contributed by atoms with Crippen LogP contribution >= 0.6 is 23.7 Å². The van der Waals surface area contributed by atoms with E-state index in [2.05, 4.69) is 34.7 Å². The van der Waals surface area contributed by atoms with Crippen molar-refractivity contribution in [1.29, 1.82) is 0 Å². The first-order valence-corrected chi connectivity index (χ1v) is 8.81. The van der Waals surface area contributed by atoms with Crippen molar-refractivity contribution in [3.8, 4) is 0 Å². The van der Waals surface area contributed by atoms with E-state index in [9.17, 15) is 4.79 Å². The van der Waals surface area contributed by atoms with Gasteiger partial charge in [-0.05, 0) is 38.8 Å². The number of piperidine rings is 1. The number of nitrogens with one attached hydrogen (secondary N) is 2. The Balaban J connectivity index is 0.00000264. The maximum Gasteiger partial charge on any atom is 0.234 e.